The number of fused-ring (bicyclic) bond motifs is 1. The summed E-state index contributed by atoms with van der Waals surface area (Å²) in [6.45, 7) is 2.19. The molecule has 0 fully saturated rings. The van der Waals surface area contributed by atoms with Crippen LogP contribution in [-0.2, 0) is 6.42 Å². The van der Waals surface area contributed by atoms with Crippen LogP contribution < -0.4 is 4.74 Å². The number of methoxy groups -OCH3 is 1. The van der Waals surface area contributed by atoms with Crippen molar-refractivity contribution >= 4 is 10.9 Å². The quantitative estimate of drug-likeness (QED) is 0.760. The molecular weight excluding hydrogens is 186 g/mol. The molecule has 0 N–H and O–H groups in total. The minimum atomic E-state index is 0.896. The molecule has 2 rings (SSSR count). The summed E-state index contributed by atoms with van der Waals surface area (Å²) in [5, 5.41) is 1.21. The molecule has 2 nitrogen and oxygen atoms in total. The van der Waals surface area contributed by atoms with Gasteiger partial charge >= 0.3 is 0 Å². The molecule has 2 aromatic rings. The van der Waals surface area contributed by atoms with E-state index < -0.39 is 0 Å². The normalized spacial score (nSPS) is 10.5. The third-order valence-electron chi connectivity index (χ3n) is 2.56. The van der Waals surface area contributed by atoms with Gasteiger partial charge in [-0.15, -0.1) is 0 Å². The lowest BCUT2D eigenvalue weighted by atomic mass is 10.1. The third-order valence-corrected chi connectivity index (χ3v) is 2.56. The molecule has 1 aromatic carbocycles. The van der Waals surface area contributed by atoms with Gasteiger partial charge in [0.15, 0.2) is 0 Å². The molecule has 15 heavy (non-hydrogen) atoms. The number of hydrogen-bond acceptors (Lipinski definition) is 2. The number of aromatic nitrogens is 1. The molecule has 0 amide bonds. The van der Waals surface area contributed by atoms with Gasteiger partial charge in [0.1, 0.15) is 5.75 Å². The monoisotopic (exact) mass is 201 g/mol. The maximum Gasteiger partial charge on any atom is 0.119 e. The van der Waals surface area contributed by atoms with Crippen molar-refractivity contribution < 1.29 is 4.74 Å². The first-order valence-electron chi connectivity index (χ1n) is 5.26. The van der Waals surface area contributed by atoms with Crippen LogP contribution in [0.1, 0.15) is 18.9 Å². The first-order valence-corrected chi connectivity index (χ1v) is 5.26. The van der Waals surface area contributed by atoms with Crippen LogP contribution in [0.15, 0.2) is 30.5 Å². The summed E-state index contributed by atoms with van der Waals surface area (Å²) >= 11 is 0. The second kappa shape index (κ2) is 4.30. The fraction of sp³-hybridized carbons (Fsp3) is 0.308. The van der Waals surface area contributed by atoms with E-state index in [1.165, 1.54) is 10.9 Å². The Bertz CT molecular complexity index is 465. The van der Waals surface area contributed by atoms with Gasteiger partial charge in [0.2, 0.25) is 0 Å². The Hall–Kier alpha value is -1.57. The van der Waals surface area contributed by atoms with Crippen molar-refractivity contribution in [2.45, 2.75) is 19.8 Å². The van der Waals surface area contributed by atoms with Crippen molar-refractivity contribution in [3.63, 3.8) is 0 Å². The van der Waals surface area contributed by atoms with E-state index in [4.69, 9.17) is 4.74 Å². The summed E-state index contributed by atoms with van der Waals surface area (Å²) in [5.74, 6) is 0.896. The minimum Gasteiger partial charge on any atom is -0.497 e. The largest absolute Gasteiger partial charge is 0.497 e. The molecule has 0 unspecified atom stereocenters. The molecule has 0 radical (unpaired) electrons. The Morgan fingerprint density at radius 3 is 2.87 bits per heavy atom. The van der Waals surface area contributed by atoms with Gasteiger partial charge in [0.05, 0.1) is 12.6 Å². The standard InChI is InChI=1S/C13H15NO/c1-3-4-10-7-8-14-13-6-5-11(15-2)9-12(10)13/h5-9H,3-4H2,1-2H3. The average Bonchev–Trinajstić information content (AvgIpc) is 2.29. The van der Waals surface area contributed by atoms with Gasteiger partial charge in [-0.1, -0.05) is 13.3 Å². The highest BCUT2D eigenvalue weighted by Crippen LogP contribution is 2.23. The van der Waals surface area contributed by atoms with Crippen LogP contribution in [0.4, 0.5) is 0 Å². The number of aryl methyl sites for hydroxylation is 1. The minimum absolute atomic E-state index is 0.896. The summed E-state index contributed by atoms with van der Waals surface area (Å²) in [6.07, 6.45) is 4.11. The maximum absolute atomic E-state index is 5.23. The van der Waals surface area contributed by atoms with Crippen molar-refractivity contribution in [1.82, 2.24) is 4.98 Å². The first kappa shape index (κ1) is 9.97. The molecule has 0 saturated carbocycles. The zero-order valence-corrected chi connectivity index (χ0v) is 9.16. The Labute approximate surface area is 89.9 Å². The molecule has 1 aromatic heterocycles. The van der Waals surface area contributed by atoms with Gasteiger partial charge in [-0.05, 0) is 36.2 Å². The van der Waals surface area contributed by atoms with E-state index in [1.54, 1.807) is 7.11 Å². The molecule has 0 spiro atoms. The number of nitrogens with zero attached hydrogens (tertiary/aromatic N) is 1. The number of benzene rings is 1. The summed E-state index contributed by atoms with van der Waals surface area (Å²) in [7, 11) is 1.69. The first-order chi connectivity index (χ1) is 7.35. The van der Waals surface area contributed by atoms with Crippen LogP contribution in [0, 0.1) is 0 Å². The molecule has 0 aliphatic heterocycles. The summed E-state index contributed by atoms with van der Waals surface area (Å²) in [4.78, 5) is 4.34. The van der Waals surface area contributed by atoms with E-state index in [0.29, 0.717) is 0 Å². The molecule has 0 atom stereocenters. The molecule has 0 saturated heterocycles. The molecule has 78 valence electrons. The van der Waals surface area contributed by atoms with Gasteiger partial charge in [0, 0.05) is 11.6 Å². The number of rotatable bonds is 3. The van der Waals surface area contributed by atoms with E-state index >= 15 is 0 Å². The fourth-order valence-electron chi connectivity index (χ4n) is 1.80. The molecule has 2 heteroatoms. The predicted octanol–water partition coefficient (Wildman–Crippen LogP) is 3.20. The van der Waals surface area contributed by atoms with Crippen LogP contribution in [0.5, 0.6) is 5.75 Å². The summed E-state index contributed by atoms with van der Waals surface area (Å²) < 4.78 is 5.23. The van der Waals surface area contributed by atoms with E-state index in [9.17, 15) is 0 Å². The van der Waals surface area contributed by atoms with Crippen LogP contribution in [0.25, 0.3) is 10.9 Å². The van der Waals surface area contributed by atoms with E-state index in [1.807, 2.05) is 18.3 Å². The van der Waals surface area contributed by atoms with Crippen LogP contribution in [0.2, 0.25) is 0 Å². The SMILES string of the molecule is CCCc1ccnc2ccc(OC)cc12. The van der Waals surface area contributed by atoms with E-state index in [-0.39, 0.29) is 0 Å². The topological polar surface area (TPSA) is 22.1 Å². The summed E-state index contributed by atoms with van der Waals surface area (Å²) in [6, 6.07) is 8.11. The Balaban J connectivity index is 2.59. The zero-order valence-electron chi connectivity index (χ0n) is 9.16. The Morgan fingerprint density at radius 1 is 1.27 bits per heavy atom. The second-order valence-electron chi connectivity index (χ2n) is 3.60. The van der Waals surface area contributed by atoms with Crippen LogP contribution in [0.3, 0.4) is 0 Å². The number of pyridine rings is 1. The number of hydrogen-bond donors (Lipinski definition) is 0. The van der Waals surface area contributed by atoms with Crippen molar-refractivity contribution in [1.29, 1.82) is 0 Å². The van der Waals surface area contributed by atoms with Crippen LogP contribution in [-0.4, -0.2) is 12.1 Å². The molecule has 0 bridgehead atoms. The molecule has 0 aliphatic rings. The lowest BCUT2D eigenvalue weighted by molar-refractivity contribution is 0.415. The highest BCUT2D eigenvalue weighted by atomic mass is 16.5. The van der Waals surface area contributed by atoms with Crippen molar-refractivity contribution in [2.75, 3.05) is 7.11 Å². The molecule has 0 aliphatic carbocycles. The van der Waals surface area contributed by atoms with Crippen LogP contribution >= 0.6 is 0 Å². The lowest BCUT2D eigenvalue weighted by Crippen LogP contribution is -1.89. The highest BCUT2D eigenvalue weighted by molar-refractivity contribution is 5.83. The van der Waals surface area contributed by atoms with Crippen molar-refractivity contribution in [2.24, 2.45) is 0 Å². The summed E-state index contributed by atoms with van der Waals surface area (Å²) in [5.41, 5.74) is 2.39. The third kappa shape index (κ3) is 1.94. The predicted molar refractivity (Wildman–Crippen MR) is 62.3 cm³/mol. The average molecular weight is 201 g/mol. The molecular formula is C13H15NO. The Kier molecular flexibility index (Phi) is 2.86. The van der Waals surface area contributed by atoms with E-state index in [0.717, 1.165) is 24.1 Å². The maximum atomic E-state index is 5.23. The van der Waals surface area contributed by atoms with Gasteiger partial charge < -0.3 is 4.74 Å². The molecule has 1 heterocycles. The fourth-order valence-corrected chi connectivity index (χ4v) is 1.80. The number of ether oxygens (including phenoxy) is 1. The zero-order chi connectivity index (χ0) is 10.7. The van der Waals surface area contributed by atoms with Crippen molar-refractivity contribution in [3.8, 4) is 5.75 Å². The van der Waals surface area contributed by atoms with Gasteiger partial charge in [-0.3, -0.25) is 4.98 Å². The van der Waals surface area contributed by atoms with Gasteiger partial charge in [0.25, 0.3) is 0 Å². The van der Waals surface area contributed by atoms with Crippen molar-refractivity contribution in [3.05, 3.63) is 36.0 Å². The smallest absolute Gasteiger partial charge is 0.119 e. The second-order valence-corrected chi connectivity index (χ2v) is 3.60. The van der Waals surface area contributed by atoms with E-state index in [2.05, 4.69) is 24.0 Å². The van der Waals surface area contributed by atoms with Gasteiger partial charge in [-0.25, -0.2) is 0 Å². The van der Waals surface area contributed by atoms with Gasteiger partial charge in [-0.2, -0.15) is 0 Å². The lowest BCUT2D eigenvalue weighted by Gasteiger charge is -2.06. The highest BCUT2D eigenvalue weighted by Gasteiger charge is 2.02. The Morgan fingerprint density at radius 2 is 2.13 bits per heavy atom.